The van der Waals surface area contributed by atoms with Gasteiger partial charge in [0.1, 0.15) is 0 Å². The number of fused-ring (bicyclic) bond motifs is 3. The molecule has 2 aromatic rings. The van der Waals surface area contributed by atoms with Crippen molar-refractivity contribution >= 4 is 31.9 Å². The average molecular weight is 392 g/mol. The predicted octanol–water partition coefficient (Wildman–Crippen LogP) is 5.86. The van der Waals surface area contributed by atoms with E-state index in [1.165, 1.54) is 18.4 Å². The Labute approximate surface area is 136 Å². The zero-order valence-corrected chi connectivity index (χ0v) is 14.3. The molecule has 0 spiro atoms. The van der Waals surface area contributed by atoms with Crippen molar-refractivity contribution in [1.29, 1.82) is 0 Å². The van der Waals surface area contributed by atoms with E-state index in [4.69, 9.17) is 0 Å². The molecule has 2 heteroatoms. The first-order chi connectivity index (χ1) is 9.75. The van der Waals surface area contributed by atoms with E-state index in [-0.39, 0.29) is 0 Å². The quantitative estimate of drug-likeness (QED) is 0.562. The van der Waals surface area contributed by atoms with E-state index < -0.39 is 0 Å². The van der Waals surface area contributed by atoms with Gasteiger partial charge in [-0.25, -0.2) is 0 Å². The summed E-state index contributed by atoms with van der Waals surface area (Å²) in [5.41, 5.74) is 4.59. The van der Waals surface area contributed by atoms with E-state index in [9.17, 15) is 0 Å². The molecule has 0 saturated heterocycles. The van der Waals surface area contributed by atoms with Crippen LogP contribution in [-0.2, 0) is 6.42 Å². The van der Waals surface area contributed by atoms with Crippen LogP contribution in [0.2, 0.25) is 0 Å². The van der Waals surface area contributed by atoms with Crippen LogP contribution in [0.25, 0.3) is 0 Å². The van der Waals surface area contributed by atoms with Crippen LogP contribution in [0.5, 0.6) is 0 Å². The van der Waals surface area contributed by atoms with Crippen LogP contribution in [0.1, 0.15) is 33.9 Å². The summed E-state index contributed by atoms with van der Waals surface area (Å²) < 4.78 is 1.15. The van der Waals surface area contributed by atoms with E-state index in [1.807, 2.05) is 0 Å². The van der Waals surface area contributed by atoms with Crippen molar-refractivity contribution in [3.05, 3.63) is 69.7 Å². The molecule has 0 nitrogen and oxygen atoms in total. The van der Waals surface area contributed by atoms with Gasteiger partial charge in [0.15, 0.2) is 0 Å². The molecule has 0 amide bonds. The van der Waals surface area contributed by atoms with Gasteiger partial charge >= 0.3 is 0 Å². The van der Waals surface area contributed by atoms with Gasteiger partial charge in [0.05, 0.1) is 0 Å². The first-order valence-corrected chi connectivity index (χ1v) is 8.94. The topological polar surface area (TPSA) is 0 Å². The lowest BCUT2D eigenvalue weighted by atomic mass is 9.92. The summed E-state index contributed by atoms with van der Waals surface area (Å²) in [5.74, 6) is 2.41. The molecule has 4 unspecified atom stereocenters. The summed E-state index contributed by atoms with van der Waals surface area (Å²) in [4.78, 5) is 0.483. The highest BCUT2D eigenvalue weighted by molar-refractivity contribution is 9.10. The van der Waals surface area contributed by atoms with Crippen LogP contribution in [0.3, 0.4) is 0 Å². The Kier molecular flexibility index (Phi) is 3.27. The Balaban J connectivity index is 1.62. The fraction of sp³-hybridized carbons (Fsp3) is 0.333. The van der Waals surface area contributed by atoms with Crippen molar-refractivity contribution in [2.45, 2.75) is 23.6 Å². The Morgan fingerprint density at radius 2 is 1.75 bits per heavy atom. The van der Waals surface area contributed by atoms with Crippen molar-refractivity contribution in [1.82, 2.24) is 0 Å². The lowest BCUT2D eigenvalue weighted by molar-refractivity contribution is 0.627. The molecule has 2 aliphatic carbocycles. The minimum absolute atomic E-state index is 0.483. The second-order valence-corrected chi connectivity index (χ2v) is 7.86. The molecular formula is C18H16Br2. The van der Waals surface area contributed by atoms with Gasteiger partial charge in [-0.05, 0) is 59.4 Å². The smallest absolute Gasteiger partial charge is 0.0432 e. The van der Waals surface area contributed by atoms with Crippen molar-refractivity contribution in [3.63, 3.8) is 0 Å². The van der Waals surface area contributed by atoms with Gasteiger partial charge in [-0.3, -0.25) is 0 Å². The highest BCUT2D eigenvalue weighted by atomic mass is 79.9. The van der Waals surface area contributed by atoms with Gasteiger partial charge in [0.2, 0.25) is 0 Å². The molecule has 1 fully saturated rings. The summed E-state index contributed by atoms with van der Waals surface area (Å²) in [7, 11) is 0. The average Bonchev–Trinajstić information content (AvgIpc) is 3.22. The van der Waals surface area contributed by atoms with Crippen LogP contribution in [0.4, 0.5) is 0 Å². The third-order valence-electron chi connectivity index (χ3n) is 4.92. The van der Waals surface area contributed by atoms with Crippen molar-refractivity contribution < 1.29 is 0 Å². The van der Waals surface area contributed by atoms with Crippen molar-refractivity contribution in [2.24, 2.45) is 11.8 Å². The van der Waals surface area contributed by atoms with Crippen LogP contribution < -0.4 is 0 Å². The normalized spacial score (nSPS) is 28.4. The number of alkyl halides is 1. The highest BCUT2D eigenvalue weighted by Gasteiger charge is 2.55. The van der Waals surface area contributed by atoms with E-state index >= 15 is 0 Å². The number of benzene rings is 2. The van der Waals surface area contributed by atoms with Crippen LogP contribution in [0, 0.1) is 11.8 Å². The maximum absolute atomic E-state index is 3.96. The maximum Gasteiger partial charge on any atom is 0.0432 e. The van der Waals surface area contributed by atoms with Gasteiger partial charge in [0, 0.05) is 9.30 Å². The van der Waals surface area contributed by atoms with Gasteiger partial charge < -0.3 is 0 Å². The van der Waals surface area contributed by atoms with Gasteiger partial charge in [-0.2, -0.15) is 0 Å². The second-order valence-electron chi connectivity index (χ2n) is 5.96. The monoisotopic (exact) mass is 390 g/mol. The summed E-state index contributed by atoms with van der Waals surface area (Å²) >= 11 is 7.48. The molecule has 0 aromatic heterocycles. The van der Waals surface area contributed by atoms with Crippen LogP contribution >= 0.6 is 31.9 Å². The molecule has 0 bridgehead atoms. The standard InChI is InChI=1S/C18H16Br2/c19-13-8-5-12(6-9-13)18(20)17-15-10-7-11-3-1-2-4-14(11)16(15)17/h1-6,8-9,15-18H,7,10H2. The Bertz CT molecular complexity index is 632. The Hall–Kier alpha value is -0.600. The number of hydrogen-bond acceptors (Lipinski definition) is 0. The van der Waals surface area contributed by atoms with Gasteiger partial charge in [0.25, 0.3) is 0 Å². The zero-order chi connectivity index (χ0) is 13.7. The van der Waals surface area contributed by atoms with Gasteiger partial charge in [-0.1, -0.05) is 68.3 Å². The first kappa shape index (κ1) is 13.1. The van der Waals surface area contributed by atoms with Crippen LogP contribution in [0.15, 0.2) is 53.0 Å². The summed E-state index contributed by atoms with van der Waals surface area (Å²) in [6.45, 7) is 0. The summed E-state index contributed by atoms with van der Waals surface area (Å²) in [6.07, 6.45) is 2.61. The molecule has 4 atom stereocenters. The predicted molar refractivity (Wildman–Crippen MR) is 90.3 cm³/mol. The Morgan fingerprint density at radius 3 is 2.55 bits per heavy atom. The zero-order valence-electron chi connectivity index (χ0n) is 11.1. The van der Waals surface area contributed by atoms with E-state index in [2.05, 4.69) is 80.4 Å². The number of aryl methyl sites for hydroxylation is 1. The lowest BCUT2D eigenvalue weighted by Gasteiger charge is -2.13. The molecule has 4 rings (SSSR count). The molecule has 2 aliphatic rings. The van der Waals surface area contributed by atoms with E-state index in [0.29, 0.717) is 4.83 Å². The number of halogens is 2. The summed E-state index contributed by atoms with van der Waals surface area (Å²) in [5, 5.41) is 0. The van der Waals surface area contributed by atoms with E-state index in [1.54, 1.807) is 11.1 Å². The van der Waals surface area contributed by atoms with Crippen molar-refractivity contribution in [2.75, 3.05) is 0 Å². The SMILES string of the molecule is Brc1ccc(C(Br)C2C3CCc4ccccc4C32)cc1. The number of hydrogen-bond donors (Lipinski definition) is 0. The van der Waals surface area contributed by atoms with Crippen LogP contribution in [-0.4, -0.2) is 0 Å². The lowest BCUT2D eigenvalue weighted by Crippen LogP contribution is -2.00. The largest absolute Gasteiger partial charge is 0.0835 e. The Morgan fingerprint density at radius 1 is 1.00 bits per heavy atom. The molecular weight excluding hydrogens is 376 g/mol. The molecule has 0 N–H and O–H groups in total. The summed E-state index contributed by atoms with van der Waals surface area (Å²) in [6, 6.07) is 17.8. The minimum Gasteiger partial charge on any atom is -0.0835 e. The van der Waals surface area contributed by atoms with E-state index in [0.717, 1.165) is 22.2 Å². The highest BCUT2D eigenvalue weighted by Crippen LogP contribution is 2.66. The maximum atomic E-state index is 3.96. The third kappa shape index (κ3) is 2.08. The number of rotatable bonds is 2. The van der Waals surface area contributed by atoms with Crippen molar-refractivity contribution in [3.8, 4) is 0 Å². The first-order valence-electron chi connectivity index (χ1n) is 7.23. The molecule has 0 radical (unpaired) electrons. The van der Waals surface area contributed by atoms with Gasteiger partial charge in [-0.15, -0.1) is 0 Å². The fourth-order valence-corrected chi connectivity index (χ4v) is 5.18. The molecule has 0 aliphatic heterocycles. The third-order valence-corrected chi connectivity index (χ3v) is 6.58. The molecule has 2 aromatic carbocycles. The fourth-order valence-electron chi connectivity index (χ4n) is 3.89. The molecule has 1 saturated carbocycles. The molecule has 0 heterocycles. The molecule has 102 valence electrons. The second kappa shape index (κ2) is 4.99. The molecule has 20 heavy (non-hydrogen) atoms. The minimum atomic E-state index is 0.483.